The molecule has 0 aliphatic carbocycles. The van der Waals surface area contributed by atoms with E-state index in [0.29, 0.717) is 10.8 Å². The highest BCUT2D eigenvalue weighted by Gasteiger charge is 2.13. The minimum absolute atomic E-state index is 0.0322. The molecule has 0 fully saturated rings. The van der Waals surface area contributed by atoms with Crippen LogP contribution in [0.4, 0.5) is 0 Å². The monoisotopic (exact) mass is 380 g/mol. The van der Waals surface area contributed by atoms with Gasteiger partial charge in [-0.3, -0.25) is 9.59 Å². The van der Waals surface area contributed by atoms with Crippen molar-refractivity contribution in [2.24, 2.45) is 0 Å². The quantitative estimate of drug-likeness (QED) is 0.364. The fraction of sp³-hybridized carbons (Fsp3) is 0.176. The van der Waals surface area contributed by atoms with Crippen molar-refractivity contribution >= 4 is 23.4 Å². The van der Waals surface area contributed by atoms with E-state index in [1.165, 1.54) is 0 Å². The molecule has 2 amide bonds. The number of hydrogen-bond donors (Lipinski definition) is 5. The van der Waals surface area contributed by atoms with Crippen LogP contribution < -0.4 is 15.4 Å². The van der Waals surface area contributed by atoms with Crippen LogP contribution in [0.3, 0.4) is 0 Å². The third kappa shape index (κ3) is 5.45. The summed E-state index contributed by atoms with van der Waals surface area (Å²) < 4.78 is 5.27. The lowest BCUT2D eigenvalue weighted by molar-refractivity contribution is -0.123. The topological polar surface area (TPSA) is 128 Å². The summed E-state index contributed by atoms with van der Waals surface area (Å²) in [5.41, 5.74) is -0.0322. The summed E-state index contributed by atoms with van der Waals surface area (Å²) in [4.78, 5) is 23.5. The number of phenolic OH excluding ortho intramolecular Hbond substituents is 3. The van der Waals surface area contributed by atoms with E-state index in [0.717, 1.165) is 12.1 Å². The van der Waals surface area contributed by atoms with E-state index in [4.69, 9.17) is 16.3 Å². The maximum atomic E-state index is 11.9. The molecule has 2 aromatic carbocycles. The van der Waals surface area contributed by atoms with Crippen LogP contribution in [0.25, 0.3) is 0 Å². The third-order valence-corrected chi connectivity index (χ3v) is 3.50. The highest BCUT2D eigenvalue weighted by molar-refractivity contribution is 6.30. The van der Waals surface area contributed by atoms with E-state index in [1.54, 1.807) is 24.3 Å². The Kier molecular flexibility index (Phi) is 6.51. The minimum atomic E-state index is -0.700. The lowest BCUT2D eigenvalue weighted by Gasteiger charge is -2.09. The van der Waals surface area contributed by atoms with E-state index in [2.05, 4.69) is 10.6 Å². The van der Waals surface area contributed by atoms with E-state index in [9.17, 15) is 24.9 Å². The number of hydrogen-bond acceptors (Lipinski definition) is 6. The van der Waals surface area contributed by atoms with Crippen molar-refractivity contribution in [3.05, 3.63) is 47.0 Å². The van der Waals surface area contributed by atoms with Gasteiger partial charge in [-0.25, -0.2) is 0 Å². The molecule has 0 atom stereocenters. The second-order valence-corrected chi connectivity index (χ2v) is 5.65. The van der Waals surface area contributed by atoms with Crippen molar-refractivity contribution < 1.29 is 29.6 Å². The Balaban J connectivity index is 1.70. The molecule has 0 saturated carbocycles. The van der Waals surface area contributed by atoms with Crippen molar-refractivity contribution in [1.29, 1.82) is 0 Å². The van der Waals surface area contributed by atoms with Crippen molar-refractivity contribution in [3.8, 4) is 23.0 Å². The number of phenols is 3. The van der Waals surface area contributed by atoms with E-state index in [-0.39, 0.29) is 31.2 Å². The fourth-order valence-electron chi connectivity index (χ4n) is 1.95. The number of halogens is 1. The van der Waals surface area contributed by atoms with Gasteiger partial charge in [0.15, 0.2) is 23.9 Å². The van der Waals surface area contributed by atoms with Crippen LogP contribution in [-0.2, 0) is 4.79 Å². The molecule has 8 nitrogen and oxygen atoms in total. The number of carbonyl (C=O) groups is 2. The number of ether oxygens (including phenoxy) is 1. The largest absolute Gasteiger partial charge is 0.504 e. The molecular weight excluding hydrogens is 364 g/mol. The summed E-state index contributed by atoms with van der Waals surface area (Å²) in [6.07, 6.45) is 0. The predicted octanol–water partition coefficient (Wildman–Crippen LogP) is 1.38. The molecule has 0 aliphatic heterocycles. The average Bonchev–Trinajstić information content (AvgIpc) is 2.62. The minimum Gasteiger partial charge on any atom is -0.504 e. The lowest BCUT2D eigenvalue weighted by Crippen LogP contribution is -2.36. The van der Waals surface area contributed by atoms with Crippen LogP contribution in [-0.4, -0.2) is 46.8 Å². The van der Waals surface area contributed by atoms with Crippen molar-refractivity contribution in [3.63, 3.8) is 0 Å². The molecular formula is C17H17ClN2O6. The van der Waals surface area contributed by atoms with Gasteiger partial charge in [0.1, 0.15) is 5.75 Å². The first-order valence-electron chi connectivity index (χ1n) is 7.55. The SMILES string of the molecule is O=C(COc1ccc(Cl)cc1)NCCNC(=O)c1cc(O)c(O)c(O)c1. The van der Waals surface area contributed by atoms with Gasteiger partial charge in [0, 0.05) is 23.7 Å². The van der Waals surface area contributed by atoms with Crippen LogP contribution in [0, 0.1) is 0 Å². The van der Waals surface area contributed by atoms with Gasteiger partial charge in [-0.1, -0.05) is 11.6 Å². The molecule has 0 spiro atoms. The third-order valence-electron chi connectivity index (χ3n) is 3.25. The Morgan fingerprint density at radius 2 is 1.54 bits per heavy atom. The van der Waals surface area contributed by atoms with Crippen LogP contribution in [0.15, 0.2) is 36.4 Å². The molecule has 0 aromatic heterocycles. The molecule has 26 heavy (non-hydrogen) atoms. The zero-order valence-corrected chi connectivity index (χ0v) is 14.3. The van der Waals surface area contributed by atoms with Gasteiger partial charge in [-0.05, 0) is 36.4 Å². The highest BCUT2D eigenvalue weighted by Crippen LogP contribution is 2.35. The van der Waals surface area contributed by atoms with Crippen molar-refractivity contribution in [1.82, 2.24) is 10.6 Å². The first-order chi connectivity index (χ1) is 12.4. The molecule has 9 heteroatoms. The Bertz CT molecular complexity index is 771. The first-order valence-corrected chi connectivity index (χ1v) is 7.93. The number of carbonyl (C=O) groups excluding carboxylic acids is 2. The molecule has 0 heterocycles. The predicted molar refractivity (Wildman–Crippen MR) is 93.7 cm³/mol. The summed E-state index contributed by atoms with van der Waals surface area (Å²) >= 11 is 5.74. The van der Waals surface area contributed by atoms with Crippen LogP contribution >= 0.6 is 11.6 Å². The fourth-order valence-corrected chi connectivity index (χ4v) is 2.07. The molecule has 0 aliphatic rings. The van der Waals surface area contributed by atoms with E-state index >= 15 is 0 Å². The van der Waals surface area contributed by atoms with Gasteiger partial charge in [0.25, 0.3) is 11.8 Å². The molecule has 2 rings (SSSR count). The zero-order chi connectivity index (χ0) is 19.1. The Morgan fingerprint density at radius 1 is 0.962 bits per heavy atom. The van der Waals surface area contributed by atoms with Gasteiger partial charge < -0.3 is 30.7 Å². The number of nitrogens with one attached hydrogen (secondary N) is 2. The van der Waals surface area contributed by atoms with E-state index in [1.807, 2.05) is 0 Å². The average molecular weight is 381 g/mol. The van der Waals surface area contributed by atoms with Gasteiger partial charge in [-0.15, -0.1) is 0 Å². The van der Waals surface area contributed by atoms with Gasteiger partial charge in [0.2, 0.25) is 0 Å². The van der Waals surface area contributed by atoms with Crippen molar-refractivity contribution in [2.45, 2.75) is 0 Å². The summed E-state index contributed by atoms with van der Waals surface area (Å²) in [5.74, 6) is -2.36. The maximum absolute atomic E-state index is 11.9. The van der Waals surface area contributed by atoms with Gasteiger partial charge >= 0.3 is 0 Å². The standard InChI is InChI=1S/C17H17ClN2O6/c18-11-1-3-12(4-2-11)26-9-15(23)19-5-6-20-17(25)10-7-13(21)16(24)14(22)8-10/h1-4,7-8,21-22,24H,5-6,9H2,(H,19,23)(H,20,25). The van der Waals surface area contributed by atoms with Crippen LogP contribution in [0.1, 0.15) is 10.4 Å². The Hall–Kier alpha value is -3.13. The number of benzene rings is 2. The highest BCUT2D eigenvalue weighted by atomic mass is 35.5. The second kappa shape index (κ2) is 8.82. The molecule has 138 valence electrons. The number of rotatable bonds is 7. The van der Waals surface area contributed by atoms with Gasteiger partial charge in [-0.2, -0.15) is 0 Å². The first kappa shape index (κ1) is 19.2. The van der Waals surface area contributed by atoms with Crippen molar-refractivity contribution in [2.75, 3.05) is 19.7 Å². The summed E-state index contributed by atoms with van der Waals surface area (Å²) in [7, 11) is 0. The maximum Gasteiger partial charge on any atom is 0.258 e. The molecule has 2 aromatic rings. The molecule has 0 bridgehead atoms. The summed E-state index contributed by atoms with van der Waals surface area (Å²) in [6, 6.07) is 8.59. The van der Waals surface area contributed by atoms with E-state index < -0.39 is 23.2 Å². The number of amides is 2. The lowest BCUT2D eigenvalue weighted by atomic mass is 10.1. The van der Waals surface area contributed by atoms with Crippen LogP contribution in [0.5, 0.6) is 23.0 Å². The summed E-state index contributed by atoms with van der Waals surface area (Å²) in [6.45, 7) is 0.0911. The molecule has 0 radical (unpaired) electrons. The molecule has 0 unspecified atom stereocenters. The molecule has 0 saturated heterocycles. The van der Waals surface area contributed by atoms with Gasteiger partial charge in [0.05, 0.1) is 0 Å². The number of aromatic hydroxyl groups is 3. The summed E-state index contributed by atoms with van der Waals surface area (Å²) in [5, 5.41) is 33.6. The zero-order valence-electron chi connectivity index (χ0n) is 13.5. The molecule has 5 N–H and O–H groups in total. The van der Waals surface area contributed by atoms with Crippen LogP contribution in [0.2, 0.25) is 5.02 Å². The smallest absolute Gasteiger partial charge is 0.258 e. The second-order valence-electron chi connectivity index (χ2n) is 5.21. The Morgan fingerprint density at radius 3 is 2.15 bits per heavy atom. The normalized spacial score (nSPS) is 10.2. The Labute approximate surface area is 154 Å².